The molecule has 0 atom stereocenters. The largest absolute Gasteiger partial charge is 0.208 e. The second-order valence-corrected chi connectivity index (χ2v) is 11.7. The minimum atomic E-state index is 0.654. The van der Waals surface area contributed by atoms with Crippen LogP contribution in [0.5, 0.6) is 0 Å². The molecule has 214 valence electrons. The van der Waals surface area contributed by atoms with Crippen LogP contribution in [0.25, 0.3) is 88.4 Å². The predicted molar refractivity (Wildman–Crippen MR) is 192 cm³/mol. The van der Waals surface area contributed by atoms with Crippen molar-refractivity contribution in [3.8, 4) is 45.3 Å². The van der Waals surface area contributed by atoms with Gasteiger partial charge in [0.05, 0.1) is 0 Å². The second kappa shape index (κ2) is 10.8. The summed E-state index contributed by atoms with van der Waals surface area (Å²) in [6.45, 7) is 0. The van der Waals surface area contributed by atoms with E-state index in [4.69, 9.17) is 15.0 Å². The SMILES string of the molecule is c1ccc(-c2nc(-c3ccc4cc5ccccc5cc4c3)nc(-c3ccc(-c4cccc5ccccc45)c4ccccc34)n2)cc1. The van der Waals surface area contributed by atoms with Gasteiger partial charge in [0.2, 0.25) is 0 Å². The van der Waals surface area contributed by atoms with Crippen LogP contribution < -0.4 is 0 Å². The lowest BCUT2D eigenvalue weighted by atomic mass is 9.92. The highest BCUT2D eigenvalue weighted by molar-refractivity contribution is 6.09. The van der Waals surface area contributed by atoms with E-state index in [2.05, 4.69) is 146 Å². The van der Waals surface area contributed by atoms with Gasteiger partial charge < -0.3 is 0 Å². The summed E-state index contributed by atoms with van der Waals surface area (Å²) < 4.78 is 0. The Balaban J connectivity index is 1.26. The fourth-order valence-electron chi connectivity index (χ4n) is 6.61. The van der Waals surface area contributed by atoms with Crippen LogP contribution in [0.1, 0.15) is 0 Å². The molecule has 9 aromatic rings. The molecular formula is C43H27N3. The van der Waals surface area contributed by atoms with Crippen molar-refractivity contribution in [2.45, 2.75) is 0 Å². The van der Waals surface area contributed by atoms with Crippen molar-refractivity contribution in [2.24, 2.45) is 0 Å². The molecule has 0 bridgehead atoms. The molecule has 8 aromatic carbocycles. The third-order valence-corrected chi connectivity index (χ3v) is 8.88. The average Bonchev–Trinajstić information content (AvgIpc) is 3.13. The van der Waals surface area contributed by atoms with Gasteiger partial charge in [0.25, 0.3) is 0 Å². The van der Waals surface area contributed by atoms with Crippen molar-refractivity contribution in [3.63, 3.8) is 0 Å². The molecule has 3 heteroatoms. The van der Waals surface area contributed by atoms with Crippen LogP contribution in [-0.4, -0.2) is 15.0 Å². The number of hydrogen-bond acceptors (Lipinski definition) is 3. The number of rotatable bonds is 4. The Morgan fingerprint density at radius 2 is 0.783 bits per heavy atom. The topological polar surface area (TPSA) is 38.7 Å². The molecule has 0 fully saturated rings. The maximum Gasteiger partial charge on any atom is 0.164 e. The molecule has 0 aliphatic heterocycles. The minimum absolute atomic E-state index is 0.654. The van der Waals surface area contributed by atoms with Gasteiger partial charge in [-0.15, -0.1) is 0 Å². The van der Waals surface area contributed by atoms with Crippen LogP contribution in [0.2, 0.25) is 0 Å². The Labute approximate surface area is 266 Å². The van der Waals surface area contributed by atoms with E-state index in [1.165, 1.54) is 38.1 Å². The van der Waals surface area contributed by atoms with Crippen molar-refractivity contribution in [2.75, 3.05) is 0 Å². The first-order valence-corrected chi connectivity index (χ1v) is 15.5. The lowest BCUT2D eigenvalue weighted by Gasteiger charge is -2.14. The summed E-state index contributed by atoms with van der Waals surface area (Å²) >= 11 is 0. The Bertz CT molecular complexity index is 2580. The van der Waals surface area contributed by atoms with Crippen LogP contribution in [-0.2, 0) is 0 Å². The number of nitrogens with zero attached hydrogens (tertiary/aromatic N) is 3. The Kier molecular flexibility index (Phi) is 6.14. The van der Waals surface area contributed by atoms with Crippen LogP contribution >= 0.6 is 0 Å². The summed E-state index contributed by atoms with van der Waals surface area (Å²) in [4.78, 5) is 15.3. The van der Waals surface area contributed by atoms with Gasteiger partial charge >= 0.3 is 0 Å². The summed E-state index contributed by atoms with van der Waals surface area (Å²) in [5.74, 6) is 1.96. The van der Waals surface area contributed by atoms with E-state index in [9.17, 15) is 0 Å². The molecule has 0 saturated carbocycles. The third-order valence-electron chi connectivity index (χ3n) is 8.88. The number of aromatic nitrogens is 3. The summed E-state index contributed by atoms with van der Waals surface area (Å²) in [5, 5.41) is 9.53. The molecule has 46 heavy (non-hydrogen) atoms. The van der Waals surface area contributed by atoms with E-state index >= 15 is 0 Å². The third kappa shape index (κ3) is 4.49. The van der Waals surface area contributed by atoms with Crippen LogP contribution in [0, 0.1) is 0 Å². The van der Waals surface area contributed by atoms with E-state index < -0.39 is 0 Å². The lowest BCUT2D eigenvalue weighted by molar-refractivity contribution is 1.08. The summed E-state index contributed by atoms with van der Waals surface area (Å²) in [5.41, 5.74) is 5.30. The van der Waals surface area contributed by atoms with Gasteiger partial charge in [-0.1, -0.05) is 140 Å². The van der Waals surface area contributed by atoms with Crippen molar-refractivity contribution < 1.29 is 0 Å². The fraction of sp³-hybridized carbons (Fsp3) is 0. The van der Waals surface area contributed by atoms with Gasteiger partial charge in [0.15, 0.2) is 17.5 Å². The standard InChI is InChI=1S/C43H27N3/c1-2-12-29(13-3-1)41-44-42(33-22-21-32-25-30-14-4-5-15-31(30)26-34(32)27-33)46-43(45-41)40-24-23-39(37-18-8-9-19-38(37)40)36-20-10-16-28-11-6-7-17-35(28)36/h1-27H. The fourth-order valence-corrected chi connectivity index (χ4v) is 6.61. The van der Waals surface area contributed by atoms with Gasteiger partial charge in [0.1, 0.15) is 0 Å². The summed E-state index contributed by atoms with van der Waals surface area (Å²) in [6, 6.07) is 57.6. The van der Waals surface area contributed by atoms with Crippen molar-refractivity contribution in [1.29, 1.82) is 0 Å². The van der Waals surface area contributed by atoms with Gasteiger partial charge in [-0.05, 0) is 78.5 Å². The van der Waals surface area contributed by atoms with Crippen molar-refractivity contribution in [3.05, 3.63) is 164 Å². The molecule has 1 heterocycles. The highest BCUT2D eigenvalue weighted by Gasteiger charge is 2.17. The molecule has 0 saturated heterocycles. The first-order valence-electron chi connectivity index (χ1n) is 15.5. The molecule has 0 N–H and O–H groups in total. The Morgan fingerprint density at radius 3 is 1.57 bits per heavy atom. The molecular weight excluding hydrogens is 558 g/mol. The van der Waals surface area contributed by atoms with Gasteiger partial charge in [-0.25, -0.2) is 15.0 Å². The normalized spacial score (nSPS) is 11.5. The van der Waals surface area contributed by atoms with Crippen molar-refractivity contribution >= 4 is 43.1 Å². The minimum Gasteiger partial charge on any atom is -0.208 e. The monoisotopic (exact) mass is 585 g/mol. The van der Waals surface area contributed by atoms with Gasteiger partial charge in [-0.3, -0.25) is 0 Å². The zero-order valence-electron chi connectivity index (χ0n) is 24.9. The summed E-state index contributed by atoms with van der Waals surface area (Å²) in [7, 11) is 0. The number of benzene rings is 8. The molecule has 0 unspecified atom stereocenters. The van der Waals surface area contributed by atoms with Gasteiger partial charge in [0, 0.05) is 16.7 Å². The molecule has 0 aliphatic rings. The Morgan fingerprint density at radius 1 is 0.261 bits per heavy atom. The van der Waals surface area contributed by atoms with Crippen LogP contribution in [0.15, 0.2) is 164 Å². The van der Waals surface area contributed by atoms with E-state index in [-0.39, 0.29) is 0 Å². The molecule has 0 aliphatic carbocycles. The quantitative estimate of drug-likeness (QED) is 0.193. The van der Waals surface area contributed by atoms with Crippen LogP contribution in [0.4, 0.5) is 0 Å². The first kappa shape index (κ1) is 26.2. The Hall–Kier alpha value is -6.19. The predicted octanol–water partition coefficient (Wildman–Crippen LogP) is 11.2. The van der Waals surface area contributed by atoms with Gasteiger partial charge in [-0.2, -0.15) is 0 Å². The van der Waals surface area contributed by atoms with E-state index in [1.54, 1.807) is 0 Å². The van der Waals surface area contributed by atoms with Crippen LogP contribution in [0.3, 0.4) is 0 Å². The highest BCUT2D eigenvalue weighted by Crippen LogP contribution is 2.38. The highest BCUT2D eigenvalue weighted by atomic mass is 15.0. The molecule has 0 radical (unpaired) electrons. The van der Waals surface area contributed by atoms with E-state index in [0.717, 1.165) is 32.8 Å². The molecule has 9 rings (SSSR count). The number of fused-ring (bicyclic) bond motifs is 4. The first-order chi connectivity index (χ1) is 22.8. The van der Waals surface area contributed by atoms with E-state index in [0.29, 0.717) is 17.5 Å². The lowest BCUT2D eigenvalue weighted by Crippen LogP contribution is -2.01. The zero-order valence-corrected chi connectivity index (χ0v) is 24.9. The molecule has 3 nitrogen and oxygen atoms in total. The molecule has 0 amide bonds. The maximum absolute atomic E-state index is 5.15. The maximum atomic E-state index is 5.15. The summed E-state index contributed by atoms with van der Waals surface area (Å²) in [6.07, 6.45) is 0. The molecule has 0 spiro atoms. The van der Waals surface area contributed by atoms with Crippen molar-refractivity contribution in [1.82, 2.24) is 15.0 Å². The molecule has 1 aromatic heterocycles. The average molecular weight is 586 g/mol. The second-order valence-electron chi connectivity index (χ2n) is 11.7. The zero-order chi connectivity index (χ0) is 30.5. The van der Waals surface area contributed by atoms with E-state index in [1.807, 2.05) is 18.2 Å². The smallest absolute Gasteiger partial charge is 0.164 e. The number of hydrogen-bond donors (Lipinski definition) is 0.